The van der Waals surface area contributed by atoms with Crippen molar-refractivity contribution in [1.82, 2.24) is 0 Å². The molecule has 6 heteroatoms. The zero-order valence-corrected chi connectivity index (χ0v) is 18.5. The summed E-state index contributed by atoms with van der Waals surface area (Å²) in [4.78, 5) is 27.2. The highest BCUT2D eigenvalue weighted by atomic mass is 32.1. The van der Waals surface area contributed by atoms with Gasteiger partial charge in [-0.2, -0.15) is 0 Å². The Balaban J connectivity index is 1.74. The molecule has 0 aliphatic carbocycles. The highest BCUT2D eigenvalue weighted by molar-refractivity contribution is 7.20. The van der Waals surface area contributed by atoms with Crippen LogP contribution in [0.3, 0.4) is 0 Å². The minimum Gasteiger partial charge on any atom is -0.495 e. The van der Waals surface area contributed by atoms with Crippen molar-refractivity contribution in [2.24, 2.45) is 0 Å². The lowest BCUT2D eigenvalue weighted by atomic mass is 10.1. The summed E-state index contributed by atoms with van der Waals surface area (Å²) in [7, 11) is 1.56. The minimum absolute atomic E-state index is 0.266. The van der Waals surface area contributed by atoms with Gasteiger partial charge in [0.2, 0.25) is 0 Å². The summed E-state index contributed by atoms with van der Waals surface area (Å²) in [5.41, 5.74) is 3.31. The van der Waals surface area contributed by atoms with E-state index in [1.807, 2.05) is 55.5 Å². The van der Waals surface area contributed by atoms with E-state index in [2.05, 4.69) is 10.6 Å². The molecule has 0 unspecified atom stereocenters. The number of anilines is 2. The van der Waals surface area contributed by atoms with Crippen molar-refractivity contribution in [3.8, 4) is 16.2 Å². The number of rotatable bonds is 6. The molecule has 32 heavy (non-hydrogen) atoms. The second-order valence-corrected chi connectivity index (χ2v) is 8.12. The van der Waals surface area contributed by atoms with Crippen LogP contribution in [0.15, 0.2) is 84.9 Å². The third kappa shape index (κ3) is 4.40. The van der Waals surface area contributed by atoms with Gasteiger partial charge in [-0.15, -0.1) is 11.3 Å². The van der Waals surface area contributed by atoms with Crippen molar-refractivity contribution in [3.05, 3.63) is 102 Å². The first kappa shape index (κ1) is 21.3. The summed E-state index contributed by atoms with van der Waals surface area (Å²) in [5, 5.41) is 6.37. The fraction of sp³-hybridized carbons (Fsp3) is 0.0769. The van der Waals surface area contributed by atoms with Gasteiger partial charge in [-0.25, -0.2) is 0 Å². The van der Waals surface area contributed by atoms with Crippen molar-refractivity contribution in [2.75, 3.05) is 17.7 Å². The van der Waals surface area contributed by atoms with E-state index in [0.717, 1.165) is 16.0 Å². The first-order valence-electron chi connectivity index (χ1n) is 10.1. The molecule has 0 fully saturated rings. The summed E-state index contributed by atoms with van der Waals surface area (Å²) in [6.45, 7) is 1.90. The van der Waals surface area contributed by atoms with Gasteiger partial charge in [0.1, 0.15) is 10.8 Å². The number of carbonyl (C=O) groups is 2. The maximum absolute atomic E-state index is 13.4. The second kappa shape index (κ2) is 9.49. The molecular weight excluding hydrogens is 420 g/mol. The molecule has 4 rings (SSSR count). The van der Waals surface area contributed by atoms with Gasteiger partial charge in [0.25, 0.3) is 11.8 Å². The number of benzene rings is 3. The van der Waals surface area contributed by atoms with Crippen LogP contribution in [0.2, 0.25) is 0 Å². The minimum atomic E-state index is -0.311. The van der Waals surface area contributed by atoms with E-state index in [9.17, 15) is 9.59 Å². The van der Waals surface area contributed by atoms with E-state index in [-0.39, 0.29) is 11.8 Å². The summed E-state index contributed by atoms with van der Waals surface area (Å²) < 4.78 is 5.36. The Morgan fingerprint density at radius 2 is 1.41 bits per heavy atom. The van der Waals surface area contributed by atoms with Crippen molar-refractivity contribution in [2.45, 2.75) is 6.92 Å². The summed E-state index contributed by atoms with van der Waals surface area (Å²) >= 11 is 1.39. The van der Waals surface area contributed by atoms with E-state index in [1.165, 1.54) is 11.3 Å². The molecule has 3 aromatic carbocycles. The lowest BCUT2D eigenvalue weighted by molar-refractivity contribution is 0.102. The Bertz CT molecular complexity index is 1250. The fourth-order valence-electron chi connectivity index (χ4n) is 3.44. The highest BCUT2D eigenvalue weighted by Gasteiger charge is 2.24. The van der Waals surface area contributed by atoms with Crippen molar-refractivity contribution in [3.63, 3.8) is 0 Å². The number of amides is 2. The zero-order valence-electron chi connectivity index (χ0n) is 17.7. The highest BCUT2D eigenvalue weighted by Crippen LogP contribution is 2.40. The standard InChI is InChI=1S/C26H22N2O3S/c1-17-22(25(30)27-20-15-9-10-16-21(20)31-2)26(28-24(29)19-13-7-4-8-14-19)32-23(17)18-11-5-3-6-12-18/h3-16H,1-2H3,(H,27,30)(H,28,29). The number of carbonyl (C=O) groups excluding carboxylic acids is 2. The maximum Gasteiger partial charge on any atom is 0.259 e. The third-order valence-corrected chi connectivity index (χ3v) is 6.28. The average molecular weight is 443 g/mol. The Morgan fingerprint density at radius 1 is 0.781 bits per heavy atom. The summed E-state index contributed by atoms with van der Waals surface area (Å²) in [6.07, 6.45) is 0. The second-order valence-electron chi connectivity index (χ2n) is 7.10. The molecule has 0 bridgehead atoms. The number of thiophene rings is 1. The maximum atomic E-state index is 13.4. The fourth-order valence-corrected chi connectivity index (χ4v) is 4.64. The van der Waals surface area contributed by atoms with Crippen molar-refractivity contribution < 1.29 is 14.3 Å². The lowest BCUT2D eigenvalue weighted by Gasteiger charge is -2.11. The number of nitrogens with one attached hydrogen (secondary N) is 2. The average Bonchev–Trinajstić information content (AvgIpc) is 3.16. The predicted octanol–water partition coefficient (Wildman–Crippen LogP) is 6.24. The third-order valence-electron chi connectivity index (χ3n) is 5.03. The number of ether oxygens (including phenoxy) is 1. The van der Waals surface area contributed by atoms with Crippen LogP contribution in [0.25, 0.3) is 10.4 Å². The number of hydrogen-bond donors (Lipinski definition) is 2. The molecule has 2 N–H and O–H groups in total. The van der Waals surface area contributed by atoms with Gasteiger partial charge in [0.05, 0.1) is 18.4 Å². The Labute approximate surface area is 190 Å². The lowest BCUT2D eigenvalue weighted by Crippen LogP contribution is -2.17. The molecule has 0 atom stereocenters. The molecule has 0 saturated heterocycles. The van der Waals surface area contributed by atoms with Gasteiger partial charge in [-0.3, -0.25) is 9.59 Å². The van der Waals surface area contributed by atoms with E-state index in [4.69, 9.17) is 4.74 Å². The molecule has 1 aromatic heterocycles. The molecule has 0 spiro atoms. The molecule has 0 saturated carbocycles. The molecular formula is C26H22N2O3S. The van der Waals surface area contributed by atoms with Gasteiger partial charge >= 0.3 is 0 Å². The zero-order chi connectivity index (χ0) is 22.5. The molecule has 0 aliphatic rings. The largest absolute Gasteiger partial charge is 0.495 e. The van der Waals surface area contributed by atoms with Gasteiger partial charge in [0.15, 0.2) is 0 Å². The van der Waals surface area contributed by atoms with E-state index in [1.54, 1.807) is 43.5 Å². The van der Waals surface area contributed by atoms with Crippen LogP contribution in [0.1, 0.15) is 26.3 Å². The van der Waals surface area contributed by atoms with Gasteiger partial charge in [-0.05, 0) is 42.3 Å². The predicted molar refractivity (Wildman–Crippen MR) is 130 cm³/mol. The van der Waals surface area contributed by atoms with Crippen molar-refractivity contribution >= 4 is 33.8 Å². The molecule has 4 aromatic rings. The molecule has 0 aliphatic heterocycles. The molecule has 0 radical (unpaired) electrons. The Morgan fingerprint density at radius 3 is 2.09 bits per heavy atom. The van der Waals surface area contributed by atoms with Crippen LogP contribution in [0.5, 0.6) is 5.75 Å². The molecule has 160 valence electrons. The van der Waals surface area contributed by atoms with Crippen LogP contribution >= 0.6 is 11.3 Å². The van der Waals surface area contributed by atoms with Crippen LogP contribution < -0.4 is 15.4 Å². The number of hydrogen-bond acceptors (Lipinski definition) is 4. The molecule has 1 heterocycles. The Hall–Kier alpha value is -3.90. The number of methoxy groups -OCH3 is 1. The first-order chi connectivity index (χ1) is 15.6. The molecule has 2 amide bonds. The monoisotopic (exact) mass is 442 g/mol. The van der Waals surface area contributed by atoms with Crippen molar-refractivity contribution in [1.29, 1.82) is 0 Å². The van der Waals surface area contributed by atoms with E-state index >= 15 is 0 Å². The quantitative estimate of drug-likeness (QED) is 0.372. The first-order valence-corrected chi connectivity index (χ1v) is 10.9. The van der Waals surface area contributed by atoms with Gasteiger partial charge < -0.3 is 15.4 Å². The van der Waals surface area contributed by atoms with E-state index < -0.39 is 0 Å². The van der Waals surface area contributed by atoms with E-state index in [0.29, 0.717) is 27.6 Å². The SMILES string of the molecule is COc1ccccc1NC(=O)c1c(NC(=O)c2ccccc2)sc(-c2ccccc2)c1C. The van der Waals surface area contributed by atoms with Crippen LogP contribution in [-0.2, 0) is 0 Å². The van der Waals surface area contributed by atoms with Crippen LogP contribution in [0, 0.1) is 6.92 Å². The van der Waals surface area contributed by atoms with Gasteiger partial charge in [-0.1, -0.05) is 60.7 Å². The number of para-hydroxylation sites is 2. The van der Waals surface area contributed by atoms with Crippen LogP contribution in [-0.4, -0.2) is 18.9 Å². The summed E-state index contributed by atoms with van der Waals surface area (Å²) in [6, 6.07) is 26.0. The smallest absolute Gasteiger partial charge is 0.259 e. The normalized spacial score (nSPS) is 10.4. The Kier molecular flexibility index (Phi) is 6.33. The van der Waals surface area contributed by atoms with Crippen LogP contribution in [0.4, 0.5) is 10.7 Å². The topological polar surface area (TPSA) is 67.4 Å². The molecule has 5 nitrogen and oxygen atoms in total. The van der Waals surface area contributed by atoms with Gasteiger partial charge in [0, 0.05) is 10.4 Å². The summed E-state index contributed by atoms with van der Waals surface area (Å²) in [5.74, 6) is -0.0153.